The largest absolute Gasteiger partial charge is 0.478 e. The van der Waals surface area contributed by atoms with Crippen LogP contribution in [0.2, 0.25) is 5.02 Å². The lowest BCUT2D eigenvalue weighted by atomic mass is 10.0. The van der Waals surface area contributed by atoms with Crippen molar-refractivity contribution >= 4 is 28.9 Å². The van der Waals surface area contributed by atoms with E-state index in [1.807, 2.05) is 26.8 Å². The number of carboxylic acid groups (broad SMARTS) is 1. The molecule has 0 bridgehead atoms. The van der Waals surface area contributed by atoms with Gasteiger partial charge in [0.05, 0.1) is 28.0 Å². The van der Waals surface area contributed by atoms with Crippen LogP contribution in [0.3, 0.4) is 0 Å². The lowest BCUT2D eigenvalue weighted by molar-refractivity contribution is 0.0698. The number of hydrogen-bond acceptors (Lipinski definition) is 5. The van der Waals surface area contributed by atoms with Crippen LogP contribution in [0.5, 0.6) is 0 Å². The average Bonchev–Trinajstić information content (AvgIpc) is 2.78. The Morgan fingerprint density at radius 1 is 1.18 bits per heavy atom. The first-order valence-electron chi connectivity index (χ1n) is 10.4. The number of carboxylic acids is 1. The summed E-state index contributed by atoms with van der Waals surface area (Å²) < 4.78 is 1.54. The molecular formula is C25H23ClN4O3. The van der Waals surface area contributed by atoms with Gasteiger partial charge in [0, 0.05) is 34.8 Å². The highest BCUT2D eigenvalue weighted by Gasteiger charge is 2.19. The zero-order chi connectivity index (χ0) is 23.9. The van der Waals surface area contributed by atoms with Gasteiger partial charge in [-0.15, -0.1) is 0 Å². The van der Waals surface area contributed by atoms with Crippen LogP contribution in [-0.4, -0.2) is 25.4 Å². The van der Waals surface area contributed by atoms with Crippen molar-refractivity contribution in [3.05, 3.63) is 92.1 Å². The van der Waals surface area contributed by atoms with E-state index in [4.69, 9.17) is 16.6 Å². The quantitative estimate of drug-likeness (QED) is 0.422. The number of carbonyl (C=O) groups is 1. The maximum atomic E-state index is 13.3. The Morgan fingerprint density at radius 3 is 2.61 bits per heavy atom. The van der Waals surface area contributed by atoms with Crippen molar-refractivity contribution in [3.8, 4) is 11.3 Å². The van der Waals surface area contributed by atoms with Gasteiger partial charge < -0.3 is 10.4 Å². The summed E-state index contributed by atoms with van der Waals surface area (Å²) in [5.41, 5.74) is 4.96. The second-order valence-electron chi connectivity index (χ2n) is 8.06. The first-order valence-corrected chi connectivity index (χ1v) is 10.8. The minimum Gasteiger partial charge on any atom is -0.478 e. The Balaban J connectivity index is 1.90. The van der Waals surface area contributed by atoms with E-state index in [-0.39, 0.29) is 17.2 Å². The topological polar surface area (TPSA) is 96.6 Å². The number of fused-ring (bicyclic) bond motifs is 1. The lowest BCUT2D eigenvalue weighted by Gasteiger charge is -2.20. The number of aromatic nitrogens is 3. The highest BCUT2D eigenvalue weighted by atomic mass is 35.5. The number of rotatable bonds is 5. The number of nitrogens with zero attached hydrogens (tertiary/aromatic N) is 3. The third-order valence-corrected chi connectivity index (χ3v) is 5.99. The SMILES string of the molecule is Cc1cc([C@@H](C)Nc2ccccc2C(=O)O)c2nc(-c3cnc(C)c(Cl)c3)c(C)c(=O)n2c1. The van der Waals surface area contributed by atoms with Crippen LogP contribution < -0.4 is 10.9 Å². The van der Waals surface area contributed by atoms with Crippen LogP contribution >= 0.6 is 11.6 Å². The Hall–Kier alpha value is -3.71. The first-order chi connectivity index (χ1) is 15.7. The molecule has 0 radical (unpaired) electrons. The fourth-order valence-electron chi connectivity index (χ4n) is 3.84. The molecule has 4 aromatic rings. The van der Waals surface area contributed by atoms with E-state index >= 15 is 0 Å². The highest BCUT2D eigenvalue weighted by Crippen LogP contribution is 2.28. The first kappa shape index (κ1) is 22.5. The van der Waals surface area contributed by atoms with Gasteiger partial charge >= 0.3 is 5.97 Å². The van der Waals surface area contributed by atoms with Crippen molar-refractivity contribution in [1.82, 2.24) is 14.4 Å². The van der Waals surface area contributed by atoms with Gasteiger partial charge in [0.25, 0.3) is 5.56 Å². The predicted molar refractivity (Wildman–Crippen MR) is 129 cm³/mol. The summed E-state index contributed by atoms with van der Waals surface area (Å²) in [6.45, 7) is 7.35. The molecule has 4 rings (SSSR count). The summed E-state index contributed by atoms with van der Waals surface area (Å²) in [5, 5.41) is 13.3. The number of halogens is 1. The van der Waals surface area contributed by atoms with E-state index in [2.05, 4.69) is 10.3 Å². The number of benzene rings is 1. The molecule has 0 aliphatic heterocycles. The van der Waals surface area contributed by atoms with Crippen molar-refractivity contribution in [1.29, 1.82) is 0 Å². The van der Waals surface area contributed by atoms with Gasteiger partial charge in [0.15, 0.2) is 0 Å². The number of aryl methyl sites for hydroxylation is 2. The molecule has 0 unspecified atom stereocenters. The number of anilines is 1. The van der Waals surface area contributed by atoms with Crippen LogP contribution in [0.1, 0.15) is 45.7 Å². The Labute approximate surface area is 195 Å². The third kappa shape index (κ3) is 4.19. The van der Waals surface area contributed by atoms with Gasteiger partial charge in [-0.05, 0) is 57.5 Å². The normalized spacial score (nSPS) is 12.0. The molecule has 1 atom stereocenters. The lowest BCUT2D eigenvalue weighted by Crippen LogP contribution is -2.22. The molecule has 1 aromatic carbocycles. The molecule has 0 aliphatic carbocycles. The Bertz CT molecular complexity index is 1460. The fourth-order valence-corrected chi connectivity index (χ4v) is 4.00. The second-order valence-corrected chi connectivity index (χ2v) is 8.47. The van der Waals surface area contributed by atoms with Crippen LogP contribution in [0.25, 0.3) is 16.9 Å². The average molecular weight is 463 g/mol. The molecule has 0 saturated heterocycles. The monoisotopic (exact) mass is 462 g/mol. The summed E-state index contributed by atoms with van der Waals surface area (Å²) in [7, 11) is 0. The maximum absolute atomic E-state index is 13.3. The van der Waals surface area contributed by atoms with Crippen LogP contribution in [0.15, 0.2) is 53.6 Å². The third-order valence-electron chi connectivity index (χ3n) is 5.61. The minimum atomic E-state index is -1.02. The molecule has 8 heteroatoms. The van der Waals surface area contributed by atoms with Crippen molar-refractivity contribution in [2.24, 2.45) is 0 Å². The molecular weight excluding hydrogens is 440 g/mol. The molecule has 0 saturated carbocycles. The van der Waals surface area contributed by atoms with Crippen LogP contribution in [-0.2, 0) is 0 Å². The van der Waals surface area contributed by atoms with Crippen molar-refractivity contribution < 1.29 is 9.90 Å². The number of hydrogen-bond donors (Lipinski definition) is 2. The van der Waals surface area contributed by atoms with Crippen LogP contribution in [0, 0.1) is 20.8 Å². The fraction of sp³-hybridized carbons (Fsp3) is 0.200. The Kier molecular flexibility index (Phi) is 5.91. The van der Waals surface area contributed by atoms with Gasteiger partial charge in [-0.3, -0.25) is 14.2 Å². The number of para-hydroxylation sites is 1. The van der Waals surface area contributed by atoms with Gasteiger partial charge in [-0.2, -0.15) is 0 Å². The minimum absolute atomic E-state index is 0.170. The second kappa shape index (κ2) is 8.67. The van der Waals surface area contributed by atoms with E-state index in [1.165, 1.54) is 4.40 Å². The van der Waals surface area contributed by atoms with Crippen molar-refractivity contribution in [3.63, 3.8) is 0 Å². The molecule has 3 heterocycles. The summed E-state index contributed by atoms with van der Waals surface area (Å²) in [6, 6.07) is 10.1. The molecule has 3 aromatic heterocycles. The van der Waals surface area contributed by atoms with Crippen molar-refractivity contribution in [2.75, 3.05) is 5.32 Å². The molecule has 0 amide bonds. The van der Waals surface area contributed by atoms with Gasteiger partial charge in [0.2, 0.25) is 0 Å². The summed E-state index contributed by atoms with van der Waals surface area (Å²) in [5.74, 6) is -1.02. The zero-order valence-electron chi connectivity index (χ0n) is 18.7. The molecule has 168 valence electrons. The number of aromatic carboxylic acids is 1. The van der Waals surface area contributed by atoms with Crippen molar-refractivity contribution in [2.45, 2.75) is 33.7 Å². The molecule has 7 nitrogen and oxygen atoms in total. The van der Waals surface area contributed by atoms with E-state index in [9.17, 15) is 14.7 Å². The van der Waals surface area contributed by atoms with Gasteiger partial charge in [-0.25, -0.2) is 9.78 Å². The molecule has 33 heavy (non-hydrogen) atoms. The molecule has 2 N–H and O–H groups in total. The van der Waals surface area contributed by atoms with E-state index in [0.29, 0.717) is 38.9 Å². The Morgan fingerprint density at radius 2 is 1.91 bits per heavy atom. The number of pyridine rings is 2. The molecule has 0 spiro atoms. The van der Waals surface area contributed by atoms with E-state index in [1.54, 1.807) is 49.6 Å². The highest BCUT2D eigenvalue weighted by molar-refractivity contribution is 6.31. The maximum Gasteiger partial charge on any atom is 0.337 e. The van der Waals surface area contributed by atoms with Gasteiger partial charge in [0.1, 0.15) is 5.65 Å². The van der Waals surface area contributed by atoms with E-state index in [0.717, 1.165) is 11.1 Å². The summed E-state index contributed by atoms with van der Waals surface area (Å²) in [4.78, 5) is 34.1. The van der Waals surface area contributed by atoms with Crippen LogP contribution in [0.4, 0.5) is 5.69 Å². The summed E-state index contributed by atoms with van der Waals surface area (Å²) >= 11 is 6.28. The smallest absolute Gasteiger partial charge is 0.337 e. The van der Waals surface area contributed by atoms with E-state index < -0.39 is 5.97 Å². The number of nitrogens with one attached hydrogen (secondary N) is 1. The van der Waals surface area contributed by atoms with Gasteiger partial charge in [-0.1, -0.05) is 23.7 Å². The molecule has 0 aliphatic rings. The zero-order valence-corrected chi connectivity index (χ0v) is 19.4. The summed E-state index contributed by atoms with van der Waals surface area (Å²) in [6.07, 6.45) is 3.41. The standard InChI is InChI=1S/C25H23ClN4O3/c1-13-9-19(15(3)28-21-8-6-5-7-18(21)25(32)33)23-29-22(14(2)24(31)30(23)12-13)17-10-20(26)16(4)27-11-17/h5-12,15,28H,1-4H3,(H,32,33)/t15-/m1/s1. The predicted octanol–water partition coefficient (Wildman–Crippen LogP) is 5.21. The molecule has 0 fully saturated rings.